The van der Waals surface area contributed by atoms with Crippen LogP contribution in [0.25, 0.3) is 10.8 Å². The lowest BCUT2D eigenvalue weighted by Crippen LogP contribution is -2.33. The molecule has 0 radical (unpaired) electrons. The van der Waals surface area contributed by atoms with Crippen molar-refractivity contribution in [2.24, 2.45) is 5.92 Å². The maximum Gasteiger partial charge on any atom is 0.328 e. The van der Waals surface area contributed by atoms with E-state index in [1.807, 2.05) is 6.20 Å². The maximum absolute atomic E-state index is 9.55. The fraction of sp³-hybridized carbons (Fsp3) is 0.296. The van der Waals surface area contributed by atoms with Gasteiger partial charge in [0.25, 0.3) is 0 Å². The number of aliphatic carboxylic acids is 2. The molecule has 2 N–H and O–H groups in total. The van der Waals surface area contributed by atoms with Gasteiger partial charge in [-0.05, 0) is 61.7 Å². The Bertz CT molecular complexity index is 1050. The predicted molar refractivity (Wildman–Crippen MR) is 129 cm³/mol. The first kappa shape index (κ1) is 24.1. The molecule has 1 fully saturated rings. The van der Waals surface area contributed by atoms with Crippen molar-refractivity contribution < 1.29 is 19.8 Å². The summed E-state index contributed by atoms with van der Waals surface area (Å²) in [6.45, 7) is 3.55. The van der Waals surface area contributed by atoms with Crippen molar-refractivity contribution in [3.63, 3.8) is 0 Å². The number of benzene rings is 2. The Morgan fingerprint density at radius 2 is 1.55 bits per heavy atom. The Morgan fingerprint density at radius 3 is 2.21 bits per heavy atom. The Labute approximate surface area is 194 Å². The van der Waals surface area contributed by atoms with Gasteiger partial charge in [-0.2, -0.15) is 0 Å². The number of fused-ring (bicyclic) bond motifs is 1. The third kappa shape index (κ3) is 8.16. The number of hydrogen-bond donors (Lipinski definition) is 2. The van der Waals surface area contributed by atoms with Crippen molar-refractivity contribution in [3.05, 3.63) is 90.3 Å². The molecule has 1 aliphatic heterocycles. The van der Waals surface area contributed by atoms with Crippen LogP contribution in [0.1, 0.15) is 30.5 Å². The predicted octanol–water partition coefficient (Wildman–Crippen LogP) is 4.79. The van der Waals surface area contributed by atoms with Crippen LogP contribution in [0.15, 0.2) is 79.0 Å². The summed E-state index contributed by atoms with van der Waals surface area (Å²) < 4.78 is 0. The number of carboxylic acids is 2. The van der Waals surface area contributed by atoms with Gasteiger partial charge in [-0.25, -0.2) is 9.59 Å². The monoisotopic (exact) mass is 446 g/mol. The summed E-state index contributed by atoms with van der Waals surface area (Å²) in [6.07, 6.45) is 8.07. The first-order valence-electron chi connectivity index (χ1n) is 11.2. The van der Waals surface area contributed by atoms with Crippen LogP contribution in [0.3, 0.4) is 0 Å². The van der Waals surface area contributed by atoms with E-state index < -0.39 is 11.9 Å². The van der Waals surface area contributed by atoms with E-state index in [-0.39, 0.29) is 0 Å². The standard InChI is InChI=1S/C23H26N2.C4H4O4/c1-2-6-20(7-3-1)18-25-16-13-19(14-17-25)10-11-23-22-9-5-4-8-21(22)12-15-24-23;5-3(6)1-2-4(7)8/h1-9,12,15,19H,10-11,13-14,16-18H2;1-2H,(H,5,6)(H,7,8). The van der Waals surface area contributed by atoms with E-state index in [2.05, 4.69) is 70.5 Å². The van der Waals surface area contributed by atoms with Gasteiger partial charge in [0.15, 0.2) is 0 Å². The van der Waals surface area contributed by atoms with Gasteiger partial charge in [0.05, 0.1) is 0 Å². The second-order valence-electron chi connectivity index (χ2n) is 8.23. The van der Waals surface area contributed by atoms with Crippen LogP contribution < -0.4 is 0 Å². The van der Waals surface area contributed by atoms with Gasteiger partial charge in [0.2, 0.25) is 0 Å². The molecular formula is C27H30N2O4. The number of aromatic nitrogens is 1. The quantitative estimate of drug-likeness (QED) is 0.507. The third-order valence-corrected chi connectivity index (χ3v) is 5.87. The van der Waals surface area contributed by atoms with Crippen LogP contribution in [0.4, 0.5) is 0 Å². The molecule has 2 aromatic carbocycles. The van der Waals surface area contributed by atoms with Crippen LogP contribution in [0.2, 0.25) is 0 Å². The molecule has 0 spiro atoms. The molecule has 6 nitrogen and oxygen atoms in total. The molecule has 3 aromatic rings. The summed E-state index contributed by atoms with van der Waals surface area (Å²) in [7, 11) is 0. The number of piperidine rings is 1. The summed E-state index contributed by atoms with van der Waals surface area (Å²) in [5.41, 5.74) is 2.70. The van der Waals surface area contributed by atoms with Gasteiger partial charge in [-0.15, -0.1) is 0 Å². The second-order valence-corrected chi connectivity index (χ2v) is 8.23. The van der Waals surface area contributed by atoms with E-state index in [9.17, 15) is 9.59 Å². The van der Waals surface area contributed by atoms with Crippen molar-refractivity contribution in [1.29, 1.82) is 0 Å². The summed E-state index contributed by atoms with van der Waals surface area (Å²) in [6, 6.07) is 21.6. The normalized spacial score (nSPS) is 14.7. The minimum absolute atomic E-state index is 0.558. The molecule has 2 heterocycles. The van der Waals surface area contributed by atoms with Crippen LogP contribution in [0.5, 0.6) is 0 Å². The molecule has 172 valence electrons. The highest BCUT2D eigenvalue weighted by Gasteiger charge is 2.19. The topological polar surface area (TPSA) is 90.7 Å². The fourth-order valence-electron chi connectivity index (χ4n) is 4.14. The molecule has 1 aromatic heterocycles. The molecule has 6 heteroatoms. The Balaban J connectivity index is 0.000000331. The van der Waals surface area contributed by atoms with Gasteiger partial charge in [-0.3, -0.25) is 9.88 Å². The van der Waals surface area contributed by atoms with Crippen LogP contribution in [-0.4, -0.2) is 45.1 Å². The van der Waals surface area contributed by atoms with E-state index in [0.717, 1.165) is 18.9 Å². The van der Waals surface area contributed by atoms with Gasteiger partial charge in [-0.1, -0.05) is 54.6 Å². The lowest BCUT2D eigenvalue weighted by atomic mass is 9.90. The van der Waals surface area contributed by atoms with Gasteiger partial charge in [0, 0.05) is 36.0 Å². The minimum atomic E-state index is -1.26. The number of rotatable bonds is 7. The van der Waals surface area contributed by atoms with E-state index in [0.29, 0.717) is 12.2 Å². The number of pyridine rings is 1. The van der Waals surface area contributed by atoms with Crippen molar-refractivity contribution in [2.45, 2.75) is 32.2 Å². The number of carboxylic acid groups (broad SMARTS) is 2. The first-order chi connectivity index (χ1) is 16.0. The lowest BCUT2D eigenvalue weighted by molar-refractivity contribution is -0.134. The summed E-state index contributed by atoms with van der Waals surface area (Å²) in [5.74, 6) is -1.67. The van der Waals surface area contributed by atoms with E-state index in [1.54, 1.807) is 0 Å². The molecule has 4 rings (SSSR count). The lowest BCUT2D eigenvalue weighted by Gasteiger charge is -2.32. The number of likely N-dealkylation sites (tertiary alicyclic amines) is 1. The molecule has 1 aliphatic rings. The fourth-order valence-corrected chi connectivity index (χ4v) is 4.14. The zero-order valence-corrected chi connectivity index (χ0v) is 18.6. The first-order valence-corrected chi connectivity index (χ1v) is 11.2. The summed E-state index contributed by atoms with van der Waals surface area (Å²) in [4.78, 5) is 26.4. The highest BCUT2D eigenvalue weighted by molar-refractivity contribution is 5.89. The molecule has 0 atom stereocenters. The Kier molecular flexibility index (Phi) is 9.15. The molecule has 0 bridgehead atoms. The second kappa shape index (κ2) is 12.5. The highest BCUT2D eigenvalue weighted by Crippen LogP contribution is 2.25. The number of nitrogens with zero attached hydrogens (tertiary/aromatic N) is 2. The highest BCUT2D eigenvalue weighted by atomic mass is 16.4. The molecule has 0 aliphatic carbocycles. The van der Waals surface area contributed by atoms with E-state index in [1.165, 1.54) is 54.4 Å². The van der Waals surface area contributed by atoms with Crippen LogP contribution in [-0.2, 0) is 22.6 Å². The number of hydrogen-bond acceptors (Lipinski definition) is 4. The number of carbonyl (C=O) groups is 2. The molecule has 0 saturated carbocycles. The van der Waals surface area contributed by atoms with Crippen molar-refractivity contribution in [1.82, 2.24) is 9.88 Å². The molecular weight excluding hydrogens is 416 g/mol. The zero-order chi connectivity index (χ0) is 23.5. The van der Waals surface area contributed by atoms with E-state index in [4.69, 9.17) is 10.2 Å². The van der Waals surface area contributed by atoms with E-state index >= 15 is 0 Å². The smallest absolute Gasteiger partial charge is 0.328 e. The molecule has 1 saturated heterocycles. The molecule has 33 heavy (non-hydrogen) atoms. The minimum Gasteiger partial charge on any atom is -0.478 e. The average molecular weight is 447 g/mol. The summed E-state index contributed by atoms with van der Waals surface area (Å²) in [5, 5.41) is 18.3. The maximum atomic E-state index is 9.55. The van der Waals surface area contributed by atoms with Gasteiger partial charge >= 0.3 is 11.9 Å². The van der Waals surface area contributed by atoms with Crippen molar-refractivity contribution in [3.8, 4) is 0 Å². The molecule has 0 unspecified atom stereocenters. The van der Waals surface area contributed by atoms with Gasteiger partial charge in [0.1, 0.15) is 0 Å². The zero-order valence-electron chi connectivity index (χ0n) is 18.6. The van der Waals surface area contributed by atoms with Crippen LogP contribution >= 0.6 is 0 Å². The average Bonchev–Trinajstić information content (AvgIpc) is 2.83. The third-order valence-electron chi connectivity index (χ3n) is 5.87. The Hall–Kier alpha value is -3.51. The van der Waals surface area contributed by atoms with Crippen molar-refractivity contribution >= 4 is 22.7 Å². The summed E-state index contributed by atoms with van der Waals surface area (Å²) >= 11 is 0. The van der Waals surface area contributed by atoms with Crippen LogP contribution in [0, 0.1) is 5.92 Å². The van der Waals surface area contributed by atoms with Gasteiger partial charge < -0.3 is 10.2 Å². The molecule has 0 amide bonds. The largest absolute Gasteiger partial charge is 0.478 e. The van der Waals surface area contributed by atoms with Crippen molar-refractivity contribution in [2.75, 3.05) is 13.1 Å². The Morgan fingerprint density at radius 1 is 0.909 bits per heavy atom. The number of aryl methyl sites for hydroxylation is 1. The SMILES string of the molecule is O=C(O)C=CC(=O)O.c1ccc(CN2CCC(CCc3nccc4ccccc34)CC2)cc1.